The van der Waals surface area contributed by atoms with Gasteiger partial charge in [0.25, 0.3) is 0 Å². The highest BCUT2D eigenvalue weighted by Gasteiger charge is 2.06. The van der Waals surface area contributed by atoms with E-state index < -0.39 is 21.7 Å². The Hall–Kier alpha value is -1.99. The Morgan fingerprint density at radius 1 is 1.00 bits per heavy atom. The predicted molar refractivity (Wildman–Crippen MR) is 76.4 cm³/mol. The molecule has 2 aromatic carbocycles. The maximum atomic E-state index is 13.0. The minimum absolute atomic E-state index is 0.0280. The number of primary sulfonamides is 1. The molecular weight excluding hydrogens is 298 g/mol. The van der Waals surface area contributed by atoms with Gasteiger partial charge in [0, 0.05) is 18.3 Å². The van der Waals surface area contributed by atoms with Crippen LogP contribution in [0.3, 0.4) is 0 Å². The molecule has 0 aromatic heterocycles. The number of nitrogens with two attached hydrogens (primary N) is 1. The molecule has 0 bridgehead atoms. The predicted octanol–water partition coefficient (Wildman–Crippen LogP) is 2.27. The number of nitrogens with one attached hydrogen (secondary N) is 1. The zero-order chi connectivity index (χ0) is 15.5. The highest BCUT2D eigenvalue weighted by Crippen LogP contribution is 2.13. The number of hydrogen-bond acceptors (Lipinski definition) is 3. The van der Waals surface area contributed by atoms with Crippen molar-refractivity contribution in [2.75, 3.05) is 11.9 Å². The fourth-order valence-corrected chi connectivity index (χ4v) is 2.38. The van der Waals surface area contributed by atoms with E-state index in [2.05, 4.69) is 5.32 Å². The molecular formula is C14H14F2N2O2S. The van der Waals surface area contributed by atoms with Gasteiger partial charge >= 0.3 is 0 Å². The molecule has 0 fully saturated rings. The van der Waals surface area contributed by atoms with Gasteiger partial charge in [0.2, 0.25) is 10.0 Å². The third kappa shape index (κ3) is 4.51. The number of rotatable bonds is 5. The first kappa shape index (κ1) is 15.4. The Bertz CT molecular complexity index is 711. The molecule has 2 rings (SSSR count). The molecule has 0 aliphatic carbocycles. The van der Waals surface area contributed by atoms with Crippen molar-refractivity contribution in [1.29, 1.82) is 0 Å². The van der Waals surface area contributed by atoms with Crippen LogP contribution in [0.2, 0.25) is 0 Å². The van der Waals surface area contributed by atoms with Crippen molar-refractivity contribution in [3.8, 4) is 0 Å². The quantitative estimate of drug-likeness (QED) is 0.889. The van der Waals surface area contributed by atoms with Crippen LogP contribution in [0.15, 0.2) is 47.4 Å². The lowest BCUT2D eigenvalue weighted by Crippen LogP contribution is -2.12. The average Bonchev–Trinajstić information content (AvgIpc) is 2.37. The van der Waals surface area contributed by atoms with E-state index in [1.54, 1.807) is 12.1 Å². The average molecular weight is 312 g/mol. The third-order valence-electron chi connectivity index (χ3n) is 2.85. The molecule has 0 spiro atoms. The van der Waals surface area contributed by atoms with Gasteiger partial charge in [-0.2, -0.15) is 0 Å². The lowest BCUT2D eigenvalue weighted by molar-refractivity contribution is 0.580. The molecule has 0 unspecified atom stereocenters. The van der Waals surface area contributed by atoms with Gasteiger partial charge in [0.1, 0.15) is 11.6 Å². The zero-order valence-corrected chi connectivity index (χ0v) is 11.8. The van der Waals surface area contributed by atoms with Crippen LogP contribution in [0, 0.1) is 11.6 Å². The standard InChI is InChI=1S/C14H14F2N2O2S/c15-11-7-10(8-12(16)9-11)5-6-18-13-1-3-14(4-2-13)21(17,19)20/h1-4,7-9,18H,5-6H2,(H2,17,19,20). The summed E-state index contributed by atoms with van der Waals surface area (Å²) in [6.45, 7) is 0.456. The summed E-state index contributed by atoms with van der Waals surface area (Å²) in [6.07, 6.45) is 0.436. The van der Waals surface area contributed by atoms with Crippen molar-refractivity contribution in [2.45, 2.75) is 11.3 Å². The molecule has 2 aromatic rings. The first-order chi connectivity index (χ1) is 9.84. The van der Waals surface area contributed by atoms with Gasteiger partial charge in [-0.25, -0.2) is 22.3 Å². The van der Waals surface area contributed by atoms with Crippen LogP contribution in [0.5, 0.6) is 0 Å². The van der Waals surface area contributed by atoms with E-state index in [0.29, 0.717) is 24.2 Å². The van der Waals surface area contributed by atoms with Gasteiger partial charge in [-0.05, 0) is 48.4 Å². The molecule has 0 radical (unpaired) electrons. The summed E-state index contributed by atoms with van der Waals surface area (Å²) in [5.41, 5.74) is 1.24. The smallest absolute Gasteiger partial charge is 0.238 e. The molecule has 0 amide bonds. The first-order valence-corrected chi connectivity index (χ1v) is 7.71. The lowest BCUT2D eigenvalue weighted by Gasteiger charge is -2.07. The number of halogens is 2. The van der Waals surface area contributed by atoms with Gasteiger partial charge in [-0.1, -0.05) is 0 Å². The van der Waals surface area contributed by atoms with E-state index in [1.807, 2.05) is 0 Å². The normalized spacial score (nSPS) is 11.4. The molecule has 112 valence electrons. The largest absolute Gasteiger partial charge is 0.385 e. The second kappa shape index (κ2) is 6.19. The van der Waals surface area contributed by atoms with Gasteiger partial charge in [0.15, 0.2) is 0 Å². The van der Waals surface area contributed by atoms with Crippen molar-refractivity contribution in [2.24, 2.45) is 5.14 Å². The molecule has 0 heterocycles. The van der Waals surface area contributed by atoms with Crippen LogP contribution in [-0.4, -0.2) is 15.0 Å². The van der Waals surface area contributed by atoms with Crippen molar-refractivity contribution in [1.82, 2.24) is 0 Å². The summed E-state index contributed by atoms with van der Waals surface area (Å²) in [6, 6.07) is 9.30. The van der Waals surface area contributed by atoms with E-state index in [9.17, 15) is 17.2 Å². The topological polar surface area (TPSA) is 72.2 Å². The van der Waals surface area contributed by atoms with E-state index in [4.69, 9.17) is 5.14 Å². The monoisotopic (exact) mass is 312 g/mol. The molecule has 0 aliphatic heterocycles. The minimum Gasteiger partial charge on any atom is -0.385 e. The molecule has 0 atom stereocenters. The van der Waals surface area contributed by atoms with Crippen LogP contribution in [0.25, 0.3) is 0 Å². The molecule has 0 saturated carbocycles. The SMILES string of the molecule is NS(=O)(=O)c1ccc(NCCc2cc(F)cc(F)c2)cc1. The van der Waals surface area contributed by atoms with Crippen molar-refractivity contribution < 1.29 is 17.2 Å². The van der Waals surface area contributed by atoms with E-state index in [1.165, 1.54) is 24.3 Å². The van der Waals surface area contributed by atoms with Gasteiger partial charge in [-0.3, -0.25) is 0 Å². The first-order valence-electron chi connectivity index (χ1n) is 6.16. The second-order valence-corrected chi connectivity index (χ2v) is 6.09. The number of benzene rings is 2. The Morgan fingerprint density at radius 3 is 2.10 bits per heavy atom. The molecule has 4 nitrogen and oxygen atoms in total. The molecule has 3 N–H and O–H groups in total. The summed E-state index contributed by atoms with van der Waals surface area (Å²) >= 11 is 0. The van der Waals surface area contributed by atoms with Crippen LogP contribution in [-0.2, 0) is 16.4 Å². The Morgan fingerprint density at radius 2 is 1.57 bits per heavy atom. The maximum Gasteiger partial charge on any atom is 0.238 e. The minimum atomic E-state index is -3.70. The molecule has 21 heavy (non-hydrogen) atoms. The molecule has 0 saturated heterocycles. The number of hydrogen-bond donors (Lipinski definition) is 2. The van der Waals surface area contributed by atoms with Crippen molar-refractivity contribution >= 4 is 15.7 Å². The third-order valence-corrected chi connectivity index (χ3v) is 3.78. The Kier molecular flexibility index (Phi) is 4.54. The zero-order valence-electron chi connectivity index (χ0n) is 11.0. The van der Waals surface area contributed by atoms with Crippen LogP contribution in [0.1, 0.15) is 5.56 Å². The van der Waals surface area contributed by atoms with Crippen molar-refractivity contribution in [3.63, 3.8) is 0 Å². The Balaban J connectivity index is 1.94. The fraction of sp³-hybridized carbons (Fsp3) is 0.143. The van der Waals surface area contributed by atoms with Crippen LogP contribution in [0.4, 0.5) is 14.5 Å². The highest BCUT2D eigenvalue weighted by atomic mass is 32.2. The fourth-order valence-electron chi connectivity index (χ4n) is 1.87. The van der Waals surface area contributed by atoms with Crippen molar-refractivity contribution in [3.05, 3.63) is 59.7 Å². The molecule has 7 heteroatoms. The van der Waals surface area contributed by atoms with E-state index >= 15 is 0 Å². The summed E-state index contributed by atoms with van der Waals surface area (Å²) in [5, 5.41) is 8.02. The second-order valence-electron chi connectivity index (χ2n) is 4.52. The summed E-state index contributed by atoms with van der Waals surface area (Å²) in [5.74, 6) is -1.22. The molecule has 0 aliphatic rings. The summed E-state index contributed by atoms with van der Waals surface area (Å²) in [7, 11) is -3.70. The summed E-state index contributed by atoms with van der Waals surface area (Å²) < 4.78 is 48.2. The lowest BCUT2D eigenvalue weighted by atomic mass is 10.1. The number of anilines is 1. The van der Waals surface area contributed by atoms with Gasteiger partial charge < -0.3 is 5.32 Å². The highest BCUT2D eigenvalue weighted by molar-refractivity contribution is 7.89. The Labute approximate surface area is 121 Å². The maximum absolute atomic E-state index is 13.0. The van der Waals surface area contributed by atoms with Crippen LogP contribution >= 0.6 is 0 Å². The summed E-state index contributed by atoms with van der Waals surface area (Å²) in [4.78, 5) is 0.0280. The van der Waals surface area contributed by atoms with E-state index in [-0.39, 0.29) is 4.90 Å². The van der Waals surface area contributed by atoms with Crippen LogP contribution < -0.4 is 10.5 Å². The van der Waals surface area contributed by atoms with Gasteiger partial charge in [0.05, 0.1) is 4.90 Å². The van der Waals surface area contributed by atoms with Gasteiger partial charge in [-0.15, -0.1) is 0 Å². The van der Waals surface area contributed by atoms with E-state index in [0.717, 1.165) is 6.07 Å². The number of sulfonamides is 1.